The van der Waals surface area contributed by atoms with E-state index in [1.54, 1.807) is 6.26 Å². The molecule has 0 aromatic carbocycles. The van der Waals surface area contributed by atoms with Crippen LogP contribution in [0.3, 0.4) is 0 Å². The maximum atomic E-state index is 5.71. The van der Waals surface area contributed by atoms with Gasteiger partial charge in [-0.05, 0) is 30.4 Å². The normalized spacial score (nSPS) is 28.5. The highest BCUT2D eigenvalue weighted by molar-refractivity contribution is 5.24. The lowest BCUT2D eigenvalue weighted by atomic mass is 9.80. The number of aryl methyl sites for hydroxylation is 1. The Hall–Kier alpha value is -0.760. The van der Waals surface area contributed by atoms with E-state index in [0.717, 1.165) is 12.2 Å². The van der Waals surface area contributed by atoms with Gasteiger partial charge in [-0.15, -0.1) is 0 Å². The van der Waals surface area contributed by atoms with Crippen LogP contribution in [0.5, 0.6) is 0 Å². The Labute approximate surface area is 72.7 Å². The number of hydrogen-bond donors (Lipinski definition) is 1. The number of furan rings is 1. The third-order valence-electron chi connectivity index (χ3n) is 2.93. The molecule has 2 unspecified atom stereocenters. The minimum absolute atomic E-state index is 0.448. The van der Waals surface area contributed by atoms with E-state index >= 15 is 0 Å². The highest BCUT2D eigenvalue weighted by Crippen LogP contribution is 2.35. The van der Waals surface area contributed by atoms with Gasteiger partial charge in [0, 0.05) is 12.5 Å². The monoisotopic (exact) mass is 165 g/mol. The first-order valence-corrected chi connectivity index (χ1v) is 4.59. The van der Waals surface area contributed by atoms with E-state index in [1.165, 1.54) is 12.0 Å². The molecule has 0 amide bonds. The van der Waals surface area contributed by atoms with Crippen molar-refractivity contribution in [1.82, 2.24) is 0 Å². The van der Waals surface area contributed by atoms with E-state index < -0.39 is 0 Å². The molecule has 2 N–H and O–H groups in total. The van der Waals surface area contributed by atoms with Crippen molar-refractivity contribution in [1.29, 1.82) is 0 Å². The third-order valence-corrected chi connectivity index (χ3v) is 2.93. The number of hydrogen-bond acceptors (Lipinski definition) is 2. The van der Waals surface area contributed by atoms with Gasteiger partial charge in [0.25, 0.3) is 0 Å². The van der Waals surface area contributed by atoms with E-state index in [4.69, 9.17) is 10.2 Å². The summed E-state index contributed by atoms with van der Waals surface area (Å²) in [6.45, 7) is 2.96. The lowest BCUT2D eigenvalue weighted by Gasteiger charge is -2.26. The van der Waals surface area contributed by atoms with Crippen LogP contribution in [0.4, 0.5) is 0 Å². The quantitative estimate of drug-likeness (QED) is 0.690. The topological polar surface area (TPSA) is 39.2 Å². The molecule has 1 aliphatic rings. The summed E-state index contributed by atoms with van der Waals surface area (Å²) in [4.78, 5) is 0. The highest BCUT2D eigenvalue weighted by Gasteiger charge is 2.27. The zero-order chi connectivity index (χ0) is 8.55. The van der Waals surface area contributed by atoms with Crippen molar-refractivity contribution in [3.8, 4) is 0 Å². The molecule has 0 saturated carbocycles. The summed E-state index contributed by atoms with van der Waals surface area (Å²) < 4.78 is 5.45. The van der Waals surface area contributed by atoms with Crippen molar-refractivity contribution < 1.29 is 4.42 Å². The van der Waals surface area contributed by atoms with E-state index in [0.29, 0.717) is 18.4 Å². The Balaban J connectivity index is 2.34. The molecule has 0 fully saturated rings. The predicted octanol–water partition coefficient (Wildman–Crippen LogP) is 1.90. The minimum atomic E-state index is 0.448. The average Bonchev–Trinajstić information content (AvgIpc) is 2.52. The van der Waals surface area contributed by atoms with Gasteiger partial charge in [-0.1, -0.05) is 6.92 Å². The van der Waals surface area contributed by atoms with Gasteiger partial charge in [0.2, 0.25) is 0 Å². The second-order valence-corrected chi connectivity index (χ2v) is 3.67. The fraction of sp³-hybridized carbons (Fsp3) is 0.600. The van der Waals surface area contributed by atoms with Crippen LogP contribution in [-0.2, 0) is 6.42 Å². The van der Waals surface area contributed by atoms with Crippen LogP contribution >= 0.6 is 0 Å². The van der Waals surface area contributed by atoms with Gasteiger partial charge < -0.3 is 10.2 Å². The summed E-state index contributed by atoms with van der Waals surface area (Å²) in [7, 11) is 0. The smallest absolute Gasteiger partial charge is 0.111 e. The standard InChI is InChI=1S/C10H15NO/c1-7-2-3-8-4-5-12-10(8)9(7)6-11/h4-5,7,9H,2-3,6,11H2,1H3. The lowest BCUT2D eigenvalue weighted by Crippen LogP contribution is -2.24. The van der Waals surface area contributed by atoms with Crippen molar-refractivity contribution in [2.45, 2.75) is 25.7 Å². The van der Waals surface area contributed by atoms with Gasteiger partial charge in [-0.3, -0.25) is 0 Å². The zero-order valence-electron chi connectivity index (χ0n) is 7.42. The summed E-state index contributed by atoms with van der Waals surface area (Å²) in [5.41, 5.74) is 7.07. The van der Waals surface area contributed by atoms with Crippen LogP contribution < -0.4 is 5.73 Å². The first-order valence-electron chi connectivity index (χ1n) is 4.59. The van der Waals surface area contributed by atoms with E-state index in [9.17, 15) is 0 Å². The van der Waals surface area contributed by atoms with E-state index in [-0.39, 0.29) is 0 Å². The van der Waals surface area contributed by atoms with Gasteiger partial charge in [-0.2, -0.15) is 0 Å². The van der Waals surface area contributed by atoms with Crippen LogP contribution in [0.15, 0.2) is 16.7 Å². The Morgan fingerprint density at radius 2 is 2.50 bits per heavy atom. The molecule has 0 spiro atoms. The second-order valence-electron chi connectivity index (χ2n) is 3.67. The molecule has 12 heavy (non-hydrogen) atoms. The number of fused-ring (bicyclic) bond motifs is 1. The van der Waals surface area contributed by atoms with Gasteiger partial charge in [0.15, 0.2) is 0 Å². The maximum Gasteiger partial charge on any atom is 0.111 e. The predicted molar refractivity (Wildman–Crippen MR) is 48.0 cm³/mol. The Morgan fingerprint density at radius 1 is 1.67 bits per heavy atom. The minimum Gasteiger partial charge on any atom is -0.469 e. The van der Waals surface area contributed by atoms with Crippen molar-refractivity contribution in [2.24, 2.45) is 11.7 Å². The molecule has 2 rings (SSSR count). The molecule has 2 nitrogen and oxygen atoms in total. The largest absolute Gasteiger partial charge is 0.469 e. The summed E-state index contributed by atoms with van der Waals surface area (Å²) >= 11 is 0. The zero-order valence-corrected chi connectivity index (χ0v) is 7.42. The fourth-order valence-corrected chi connectivity index (χ4v) is 2.06. The van der Waals surface area contributed by atoms with Gasteiger partial charge in [-0.25, -0.2) is 0 Å². The van der Waals surface area contributed by atoms with Crippen LogP contribution in [0, 0.1) is 5.92 Å². The Morgan fingerprint density at radius 3 is 3.25 bits per heavy atom. The van der Waals surface area contributed by atoms with Gasteiger partial charge >= 0.3 is 0 Å². The maximum absolute atomic E-state index is 5.71. The highest BCUT2D eigenvalue weighted by atomic mass is 16.3. The molecule has 0 bridgehead atoms. The molecule has 2 atom stereocenters. The first kappa shape index (κ1) is 7.87. The van der Waals surface area contributed by atoms with Crippen LogP contribution in [-0.4, -0.2) is 6.54 Å². The summed E-state index contributed by atoms with van der Waals surface area (Å²) in [5, 5.41) is 0. The fourth-order valence-electron chi connectivity index (χ4n) is 2.06. The molecule has 2 heteroatoms. The summed E-state index contributed by atoms with van der Waals surface area (Å²) in [6.07, 6.45) is 4.18. The molecule has 1 aromatic rings. The van der Waals surface area contributed by atoms with Crippen molar-refractivity contribution in [3.63, 3.8) is 0 Å². The van der Waals surface area contributed by atoms with Crippen LogP contribution in [0.2, 0.25) is 0 Å². The molecule has 0 radical (unpaired) electrons. The number of nitrogens with two attached hydrogens (primary N) is 1. The molecule has 1 heterocycles. The molecule has 0 saturated heterocycles. The average molecular weight is 165 g/mol. The molecular formula is C10H15NO. The molecular weight excluding hydrogens is 150 g/mol. The lowest BCUT2D eigenvalue weighted by molar-refractivity contribution is 0.340. The number of rotatable bonds is 1. The van der Waals surface area contributed by atoms with E-state index in [1.807, 2.05) is 0 Å². The molecule has 1 aliphatic carbocycles. The van der Waals surface area contributed by atoms with Crippen LogP contribution in [0.25, 0.3) is 0 Å². The summed E-state index contributed by atoms with van der Waals surface area (Å²) in [5.74, 6) is 2.26. The summed E-state index contributed by atoms with van der Waals surface area (Å²) in [6, 6.07) is 2.07. The van der Waals surface area contributed by atoms with E-state index in [2.05, 4.69) is 13.0 Å². The second kappa shape index (κ2) is 2.94. The molecule has 0 aliphatic heterocycles. The molecule has 66 valence electrons. The van der Waals surface area contributed by atoms with Crippen molar-refractivity contribution in [3.05, 3.63) is 23.7 Å². The van der Waals surface area contributed by atoms with Crippen LogP contribution in [0.1, 0.15) is 30.6 Å². The Bertz CT molecular complexity index is 267. The van der Waals surface area contributed by atoms with Crippen molar-refractivity contribution in [2.75, 3.05) is 6.54 Å². The van der Waals surface area contributed by atoms with Crippen molar-refractivity contribution >= 4 is 0 Å². The third kappa shape index (κ3) is 1.07. The SMILES string of the molecule is CC1CCc2ccoc2C1CN. The van der Waals surface area contributed by atoms with Gasteiger partial charge in [0.1, 0.15) is 5.76 Å². The first-order chi connectivity index (χ1) is 5.83. The molecule has 1 aromatic heterocycles. The Kier molecular flexibility index (Phi) is 1.93. The van der Waals surface area contributed by atoms with Gasteiger partial charge in [0.05, 0.1) is 6.26 Å².